The Morgan fingerprint density at radius 3 is 2.58 bits per heavy atom. The van der Waals surface area contributed by atoms with Crippen molar-refractivity contribution >= 4 is 17.7 Å². The average Bonchev–Trinajstić information content (AvgIpc) is 2.43. The number of carbonyl (C=O) groups is 1. The van der Waals surface area contributed by atoms with Crippen molar-refractivity contribution in [2.45, 2.75) is 30.9 Å². The van der Waals surface area contributed by atoms with Gasteiger partial charge < -0.3 is 10.2 Å². The van der Waals surface area contributed by atoms with Gasteiger partial charge >= 0.3 is 0 Å². The number of thioether (sulfide) groups is 1. The van der Waals surface area contributed by atoms with Gasteiger partial charge in [-0.05, 0) is 44.0 Å². The van der Waals surface area contributed by atoms with Crippen LogP contribution in [0.1, 0.15) is 18.1 Å². The minimum Gasteiger partial charge on any atom is -0.339 e. The number of nitrogens with zero attached hydrogens (tertiary/aromatic N) is 1. The van der Waals surface area contributed by atoms with Crippen LogP contribution in [0.2, 0.25) is 0 Å². The van der Waals surface area contributed by atoms with Gasteiger partial charge in [0.15, 0.2) is 0 Å². The first-order chi connectivity index (χ1) is 9.08. The summed E-state index contributed by atoms with van der Waals surface area (Å²) in [5.74, 6) is 0.254. The predicted molar refractivity (Wildman–Crippen MR) is 80.7 cm³/mol. The zero-order valence-corrected chi connectivity index (χ0v) is 12.7. The van der Waals surface area contributed by atoms with Crippen molar-refractivity contribution in [1.82, 2.24) is 10.2 Å². The molecule has 1 saturated heterocycles. The lowest BCUT2D eigenvalue weighted by atomic mass is 10.1. The second kappa shape index (κ2) is 6.44. The molecule has 19 heavy (non-hydrogen) atoms. The summed E-state index contributed by atoms with van der Waals surface area (Å²) in [5, 5.41) is 3.26. The molecule has 1 aliphatic heterocycles. The molecular formula is C15H22N2OS. The maximum absolute atomic E-state index is 12.3. The van der Waals surface area contributed by atoms with E-state index < -0.39 is 0 Å². The maximum Gasteiger partial charge on any atom is 0.235 e. The zero-order chi connectivity index (χ0) is 13.8. The van der Waals surface area contributed by atoms with E-state index in [1.54, 1.807) is 11.8 Å². The summed E-state index contributed by atoms with van der Waals surface area (Å²) >= 11 is 1.66. The molecule has 1 aliphatic rings. The van der Waals surface area contributed by atoms with E-state index in [4.69, 9.17) is 0 Å². The number of nitrogens with one attached hydrogen (secondary N) is 1. The van der Waals surface area contributed by atoms with Gasteiger partial charge in [0.2, 0.25) is 5.91 Å². The molecule has 1 fully saturated rings. The summed E-state index contributed by atoms with van der Waals surface area (Å²) in [7, 11) is 0. The van der Waals surface area contributed by atoms with E-state index in [1.165, 1.54) is 16.0 Å². The number of hydrogen-bond acceptors (Lipinski definition) is 3. The number of amides is 1. The van der Waals surface area contributed by atoms with Gasteiger partial charge in [-0.3, -0.25) is 4.79 Å². The van der Waals surface area contributed by atoms with Crippen LogP contribution in [0.3, 0.4) is 0 Å². The summed E-state index contributed by atoms with van der Waals surface area (Å²) in [6, 6.07) is 6.40. The number of rotatable bonds is 3. The van der Waals surface area contributed by atoms with Gasteiger partial charge in [-0.15, -0.1) is 11.8 Å². The fourth-order valence-electron chi connectivity index (χ4n) is 2.18. The Balaban J connectivity index is 1.97. The number of aryl methyl sites for hydroxylation is 2. The molecule has 2 rings (SSSR count). The molecule has 104 valence electrons. The lowest BCUT2D eigenvalue weighted by Gasteiger charge is -2.29. The molecule has 1 aromatic carbocycles. The molecule has 0 spiro atoms. The number of carbonyl (C=O) groups excluding carboxylic acids is 1. The first-order valence-electron chi connectivity index (χ1n) is 6.81. The van der Waals surface area contributed by atoms with Crippen LogP contribution in [0.15, 0.2) is 23.1 Å². The van der Waals surface area contributed by atoms with Crippen molar-refractivity contribution in [3.8, 4) is 0 Å². The predicted octanol–water partition coefficient (Wildman–Crippen LogP) is 2.22. The van der Waals surface area contributed by atoms with Crippen LogP contribution < -0.4 is 5.32 Å². The fourth-order valence-corrected chi connectivity index (χ4v) is 3.23. The van der Waals surface area contributed by atoms with Crippen LogP contribution >= 0.6 is 11.8 Å². The number of hydrogen-bond donors (Lipinski definition) is 1. The largest absolute Gasteiger partial charge is 0.339 e. The molecule has 1 amide bonds. The lowest BCUT2D eigenvalue weighted by molar-refractivity contribution is -0.130. The van der Waals surface area contributed by atoms with Crippen LogP contribution in [-0.4, -0.2) is 42.2 Å². The molecule has 1 atom stereocenters. The standard InChI is InChI=1S/C15H22N2OS/c1-11-4-5-14(10-12(11)2)19-13(3)15(18)17-8-6-16-7-9-17/h4-5,10,13,16H,6-9H2,1-3H3. The summed E-state index contributed by atoms with van der Waals surface area (Å²) < 4.78 is 0. The molecule has 3 nitrogen and oxygen atoms in total. The molecular weight excluding hydrogens is 256 g/mol. The Morgan fingerprint density at radius 1 is 1.26 bits per heavy atom. The maximum atomic E-state index is 12.3. The van der Waals surface area contributed by atoms with Gasteiger partial charge in [-0.2, -0.15) is 0 Å². The Hall–Kier alpha value is -1.00. The number of piperazine rings is 1. The van der Waals surface area contributed by atoms with Crippen molar-refractivity contribution in [2.75, 3.05) is 26.2 Å². The zero-order valence-electron chi connectivity index (χ0n) is 11.9. The summed E-state index contributed by atoms with van der Waals surface area (Å²) in [5.41, 5.74) is 2.58. The van der Waals surface area contributed by atoms with Crippen molar-refractivity contribution < 1.29 is 4.79 Å². The molecule has 4 heteroatoms. The topological polar surface area (TPSA) is 32.3 Å². The quantitative estimate of drug-likeness (QED) is 0.861. The van der Waals surface area contributed by atoms with Gasteiger partial charge in [-0.25, -0.2) is 0 Å². The highest BCUT2D eigenvalue weighted by Gasteiger charge is 2.22. The van der Waals surface area contributed by atoms with Gasteiger partial charge in [-0.1, -0.05) is 6.07 Å². The van der Waals surface area contributed by atoms with Crippen LogP contribution in [0.25, 0.3) is 0 Å². The third-order valence-electron chi connectivity index (χ3n) is 3.57. The first kappa shape index (κ1) is 14.4. The Kier molecular flexibility index (Phi) is 4.88. The second-order valence-corrected chi connectivity index (χ2v) is 6.50. The lowest BCUT2D eigenvalue weighted by Crippen LogP contribution is -2.48. The highest BCUT2D eigenvalue weighted by atomic mass is 32.2. The third-order valence-corrected chi connectivity index (χ3v) is 4.65. The average molecular weight is 278 g/mol. The molecule has 1 unspecified atom stereocenters. The van der Waals surface area contributed by atoms with Crippen molar-refractivity contribution in [3.63, 3.8) is 0 Å². The van der Waals surface area contributed by atoms with Crippen molar-refractivity contribution in [3.05, 3.63) is 29.3 Å². The minimum absolute atomic E-state index is 0.0137. The first-order valence-corrected chi connectivity index (χ1v) is 7.69. The Morgan fingerprint density at radius 2 is 1.95 bits per heavy atom. The molecule has 0 aliphatic carbocycles. The summed E-state index contributed by atoms with van der Waals surface area (Å²) in [4.78, 5) is 15.5. The third kappa shape index (κ3) is 3.74. The molecule has 0 saturated carbocycles. The molecule has 0 radical (unpaired) electrons. The second-order valence-electron chi connectivity index (χ2n) is 5.08. The van der Waals surface area contributed by atoms with Crippen LogP contribution in [0.5, 0.6) is 0 Å². The highest BCUT2D eigenvalue weighted by molar-refractivity contribution is 8.00. The molecule has 0 aromatic heterocycles. The van der Waals surface area contributed by atoms with E-state index in [9.17, 15) is 4.79 Å². The molecule has 1 heterocycles. The minimum atomic E-state index is -0.0137. The van der Waals surface area contributed by atoms with Crippen LogP contribution in [-0.2, 0) is 4.79 Å². The Labute approximate surface area is 119 Å². The van der Waals surface area contributed by atoms with Crippen LogP contribution in [0, 0.1) is 13.8 Å². The van der Waals surface area contributed by atoms with Crippen molar-refractivity contribution in [1.29, 1.82) is 0 Å². The molecule has 1 aromatic rings. The van der Waals surface area contributed by atoms with Gasteiger partial charge in [0.25, 0.3) is 0 Å². The number of benzene rings is 1. The molecule has 1 N–H and O–H groups in total. The normalized spacial score (nSPS) is 17.3. The van der Waals surface area contributed by atoms with Gasteiger partial charge in [0, 0.05) is 31.1 Å². The van der Waals surface area contributed by atoms with E-state index in [-0.39, 0.29) is 11.2 Å². The highest BCUT2D eigenvalue weighted by Crippen LogP contribution is 2.26. The van der Waals surface area contributed by atoms with E-state index >= 15 is 0 Å². The fraction of sp³-hybridized carbons (Fsp3) is 0.533. The van der Waals surface area contributed by atoms with E-state index in [2.05, 4.69) is 37.4 Å². The van der Waals surface area contributed by atoms with Gasteiger partial charge in [0.05, 0.1) is 5.25 Å². The van der Waals surface area contributed by atoms with E-state index in [0.717, 1.165) is 26.2 Å². The van der Waals surface area contributed by atoms with E-state index in [0.29, 0.717) is 0 Å². The summed E-state index contributed by atoms with van der Waals surface area (Å²) in [6.07, 6.45) is 0. The molecule has 0 bridgehead atoms. The SMILES string of the molecule is Cc1ccc(SC(C)C(=O)N2CCNCC2)cc1C. The monoisotopic (exact) mass is 278 g/mol. The van der Waals surface area contributed by atoms with Gasteiger partial charge in [0.1, 0.15) is 0 Å². The van der Waals surface area contributed by atoms with E-state index in [1.807, 2.05) is 11.8 Å². The smallest absolute Gasteiger partial charge is 0.235 e. The van der Waals surface area contributed by atoms with Crippen LogP contribution in [0.4, 0.5) is 0 Å². The van der Waals surface area contributed by atoms with Crippen molar-refractivity contribution in [2.24, 2.45) is 0 Å². The Bertz CT molecular complexity index is 455. The summed E-state index contributed by atoms with van der Waals surface area (Å²) in [6.45, 7) is 9.71.